The lowest BCUT2D eigenvalue weighted by molar-refractivity contribution is -0.142. The standard InChI is InChI=1S/C11H17NO2/c1-4-6-7-9(5-2)8-10(12)11(13)14-3/h4-7,10H,2,8,12H2,1,3H3/b6-4-,9-7+/t10-/m1/s1. The molecule has 0 radical (unpaired) electrons. The van der Waals surface area contributed by atoms with E-state index < -0.39 is 12.0 Å². The van der Waals surface area contributed by atoms with E-state index in [1.165, 1.54) is 7.11 Å². The molecule has 0 unspecified atom stereocenters. The molecule has 0 heterocycles. The highest BCUT2D eigenvalue weighted by atomic mass is 16.5. The van der Waals surface area contributed by atoms with Gasteiger partial charge in [-0.1, -0.05) is 30.9 Å². The molecule has 3 heteroatoms. The third-order valence-corrected chi connectivity index (χ3v) is 1.72. The van der Waals surface area contributed by atoms with Crippen molar-refractivity contribution in [2.24, 2.45) is 5.73 Å². The largest absolute Gasteiger partial charge is 0.468 e. The molecule has 1 atom stereocenters. The maximum absolute atomic E-state index is 11.0. The van der Waals surface area contributed by atoms with Gasteiger partial charge in [-0.2, -0.15) is 0 Å². The Balaban J connectivity index is 4.32. The topological polar surface area (TPSA) is 52.3 Å². The van der Waals surface area contributed by atoms with Gasteiger partial charge in [-0.3, -0.25) is 4.79 Å². The first-order valence-electron chi connectivity index (χ1n) is 4.43. The molecule has 0 aromatic heterocycles. The van der Waals surface area contributed by atoms with Crippen LogP contribution in [0.3, 0.4) is 0 Å². The minimum absolute atomic E-state index is 0.404. The van der Waals surface area contributed by atoms with Crippen LogP contribution in [-0.2, 0) is 9.53 Å². The van der Waals surface area contributed by atoms with Crippen molar-refractivity contribution < 1.29 is 9.53 Å². The second-order valence-electron chi connectivity index (χ2n) is 2.81. The molecule has 14 heavy (non-hydrogen) atoms. The number of ether oxygens (including phenoxy) is 1. The lowest BCUT2D eigenvalue weighted by atomic mass is 10.1. The van der Waals surface area contributed by atoms with Crippen LogP contribution in [0.25, 0.3) is 0 Å². The monoisotopic (exact) mass is 195 g/mol. The van der Waals surface area contributed by atoms with Crippen molar-refractivity contribution >= 4 is 5.97 Å². The van der Waals surface area contributed by atoms with E-state index in [0.29, 0.717) is 6.42 Å². The van der Waals surface area contributed by atoms with Crippen LogP contribution in [0.4, 0.5) is 0 Å². The molecule has 0 saturated carbocycles. The van der Waals surface area contributed by atoms with Gasteiger partial charge in [0.1, 0.15) is 6.04 Å². The first-order valence-corrected chi connectivity index (χ1v) is 4.43. The quantitative estimate of drug-likeness (QED) is 0.535. The fourth-order valence-electron chi connectivity index (χ4n) is 0.928. The van der Waals surface area contributed by atoms with E-state index in [-0.39, 0.29) is 0 Å². The van der Waals surface area contributed by atoms with Crippen LogP contribution in [0.15, 0.2) is 36.5 Å². The Morgan fingerprint density at radius 1 is 1.64 bits per heavy atom. The van der Waals surface area contributed by atoms with Gasteiger partial charge in [0.15, 0.2) is 0 Å². The van der Waals surface area contributed by atoms with Gasteiger partial charge in [-0.25, -0.2) is 0 Å². The third-order valence-electron chi connectivity index (χ3n) is 1.72. The van der Waals surface area contributed by atoms with Crippen LogP contribution in [-0.4, -0.2) is 19.1 Å². The van der Waals surface area contributed by atoms with Crippen LogP contribution < -0.4 is 5.73 Å². The van der Waals surface area contributed by atoms with Crippen LogP contribution in [0.5, 0.6) is 0 Å². The molecule has 3 nitrogen and oxygen atoms in total. The molecule has 78 valence electrons. The second kappa shape index (κ2) is 7.09. The molecular weight excluding hydrogens is 178 g/mol. The maximum atomic E-state index is 11.0. The fourth-order valence-corrected chi connectivity index (χ4v) is 0.928. The number of rotatable bonds is 5. The smallest absolute Gasteiger partial charge is 0.322 e. The van der Waals surface area contributed by atoms with Crippen LogP contribution in [0.2, 0.25) is 0 Å². The van der Waals surface area contributed by atoms with Crippen LogP contribution in [0.1, 0.15) is 13.3 Å². The van der Waals surface area contributed by atoms with E-state index >= 15 is 0 Å². The van der Waals surface area contributed by atoms with E-state index in [0.717, 1.165) is 5.57 Å². The molecule has 0 aliphatic heterocycles. The minimum Gasteiger partial charge on any atom is -0.468 e. The summed E-state index contributed by atoms with van der Waals surface area (Å²) in [7, 11) is 1.32. The Morgan fingerprint density at radius 2 is 2.29 bits per heavy atom. The predicted octanol–water partition coefficient (Wildman–Crippen LogP) is 1.57. The summed E-state index contributed by atoms with van der Waals surface area (Å²) < 4.78 is 4.52. The SMILES string of the molecule is C=C/C(=C\C=C/C)C[C@@H](N)C(=O)OC. The zero-order chi connectivity index (χ0) is 11.0. The highest BCUT2D eigenvalue weighted by Crippen LogP contribution is 2.06. The summed E-state index contributed by atoms with van der Waals surface area (Å²) in [5.74, 6) is -0.404. The number of carbonyl (C=O) groups excluding carboxylic acids is 1. The Kier molecular flexibility index (Phi) is 6.41. The zero-order valence-corrected chi connectivity index (χ0v) is 8.69. The van der Waals surface area contributed by atoms with Crippen molar-refractivity contribution in [1.82, 2.24) is 0 Å². The van der Waals surface area contributed by atoms with Gasteiger partial charge in [0, 0.05) is 0 Å². The summed E-state index contributed by atoms with van der Waals surface area (Å²) in [4.78, 5) is 11.0. The number of nitrogens with two attached hydrogens (primary N) is 1. The molecule has 2 N–H and O–H groups in total. The molecule has 0 saturated heterocycles. The molecular formula is C11H17NO2. The molecule has 0 aliphatic carbocycles. The van der Waals surface area contributed by atoms with Gasteiger partial charge in [0.25, 0.3) is 0 Å². The molecule has 0 aliphatic rings. The molecule has 0 rings (SSSR count). The number of esters is 1. The Morgan fingerprint density at radius 3 is 2.71 bits per heavy atom. The van der Waals surface area contributed by atoms with Crippen molar-refractivity contribution in [3.05, 3.63) is 36.5 Å². The lowest BCUT2D eigenvalue weighted by Crippen LogP contribution is -2.31. The number of hydrogen-bond acceptors (Lipinski definition) is 3. The number of methoxy groups -OCH3 is 1. The lowest BCUT2D eigenvalue weighted by Gasteiger charge is -2.08. The van der Waals surface area contributed by atoms with Gasteiger partial charge >= 0.3 is 5.97 Å². The van der Waals surface area contributed by atoms with E-state index in [1.54, 1.807) is 6.08 Å². The normalized spacial score (nSPS) is 14.1. The Bertz CT molecular complexity index is 254. The average molecular weight is 195 g/mol. The average Bonchev–Trinajstić information content (AvgIpc) is 2.22. The number of hydrogen-bond donors (Lipinski definition) is 1. The second-order valence-corrected chi connectivity index (χ2v) is 2.81. The summed E-state index contributed by atoms with van der Waals surface area (Å²) in [5, 5.41) is 0. The van der Waals surface area contributed by atoms with E-state index in [1.807, 2.05) is 25.2 Å². The van der Waals surface area contributed by atoms with Crippen LogP contribution in [0, 0.1) is 0 Å². The van der Waals surface area contributed by atoms with Gasteiger partial charge in [0.2, 0.25) is 0 Å². The first kappa shape index (κ1) is 12.7. The molecule has 0 bridgehead atoms. The van der Waals surface area contributed by atoms with Crippen molar-refractivity contribution in [3.63, 3.8) is 0 Å². The van der Waals surface area contributed by atoms with E-state index in [9.17, 15) is 4.79 Å². The predicted molar refractivity (Wildman–Crippen MR) is 57.7 cm³/mol. The molecule has 0 aromatic carbocycles. The molecule has 0 aromatic rings. The highest BCUT2D eigenvalue weighted by molar-refractivity contribution is 5.75. The number of carbonyl (C=O) groups is 1. The molecule has 0 amide bonds. The highest BCUT2D eigenvalue weighted by Gasteiger charge is 2.13. The summed E-state index contributed by atoms with van der Waals surface area (Å²) in [5.41, 5.74) is 6.51. The Labute approximate surface area is 84.9 Å². The molecule has 0 spiro atoms. The Hall–Kier alpha value is -1.35. The molecule has 0 fully saturated rings. The summed E-state index contributed by atoms with van der Waals surface area (Å²) in [6.45, 7) is 5.56. The van der Waals surface area contributed by atoms with Crippen molar-refractivity contribution in [3.8, 4) is 0 Å². The van der Waals surface area contributed by atoms with Gasteiger partial charge in [-0.15, -0.1) is 0 Å². The first-order chi connectivity index (χ1) is 6.65. The van der Waals surface area contributed by atoms with Gasteiger partial charge in [-0.05, 0) is 18.9 Å². The summed E-state index contributed by atoms with van der Waals surface area (Å²) in [6.07, 6.45) is 7.77. The van der Waals surface area contributed by atoms with Gasteiger partial charge < -0.3 is 10.5 Å². The summed E-state index contributed by atoms with van der Waals surface area (Å²) >= 11 is 0. The van der Waals surface area contributed by atoms with E-state index in [4.69, 9.17) is 5.73 Å². The minimum atomic E-state index is -0.616. The van der Waals surface area contributed by atoms with Gasteiger partial charge in [0.05, 0.1) is 7.11 Å². The number of allylic oxidation sites excluding steroid dienone is 4. The third kappa shape index (κ3) is 4.62. The zero-order valence-electron chi connectivity index (χ0n) is 8.69. The van der Waals surface area contributed by atoms with Crippen LogP contribution >= 0.6 is 0 Å². The fraction of sp³-hybridized carbons (Fsp3) is 0.364. The van der Waals surface area contributed by atoms with E-state index in [2.05, 4.69) is 11.3 Å². The maximum Gasteiger partial charge on any atom is 0.322 e. The van der Waals surface area contributed by atoms with Crippen molar-refractivity contribution in [2.75, 3.05) is 7.11 Å². The summed E-state index contributed by atoms with van der Waals surface area (Å²) in [6, 6.07) is -0.616. The van der Waals surface area contributed by atoms with Crippen molar-refractivity contribution in [1.29, 1.82) is 0 Å². The van der Waals surface area contributed by atoms with Crippen molar-refractivity contribution in [2.45, 2.75) is 19.4 Å².